The van der Waals surface area contributed by atoms with Crippen molar-refractivity contribution in [2.75, 3.05) is 23.3 Å². The molecule has 180 valence electrons. The molecule has 33 heavy (non-hydrogen) atoms. The first kappa shape index (κ1) is 24.1. The third-order valence-electron chi connectivity index (χ3n) is 6.17. The molecule has 5 nitrogen and oxygen atoms in total. The topological polar surface area (TPSA) is 53.1 Å². The molecule has 0 bridgehead atoms. The number of piperidine rings is 1. The summed E-state index contributed by atoms with van der Waals surface area (Å²) in [5.74, 6) is -0.454. The van der Waals surface area contributed by atoms with E-state index < -0.39 is 17.6 Å². The highest BCUT2D eigenvalue weighted by Crippen LogP contribution is 2.37. The van der Waals surface area contributed by atoms with Gasteiger partial charge in [0.15, 0.2) is 0 Å². The van der Waals surface area contributed by atoms with Crippen molar-refractivity contribution in [2.24, 2.45) is 5.92 Å². The van der Waals surface area contributed by atoms with Crippen LogP contribution < -0.4 is 14.9 Å². The molecule has 1 aliphatic carbocycles. The molecule has 1 unspecified atom stereocenters. The first-order valence-corrected chi connectivity index (χ1v) is 12.3. The van der Waals surface area contributed by atoms with Crippen LogP contribution in [0.2, 0.25) is 0 Å². The van der Waals surface area contributed by atoms with E-state index in [0.717, 1.165) is 36.8 Å². The average molecular weight is 484 g/mol. The fourth-order valence-electron chi connectivity index (χ4n) is 4.41. The van der Waals surface area contributed by atoms with Gasteiger partial charge in [-0.25, -0.2) is 9.37 Å². The number of hydrogen-bond donors (Lipinski definition) is 2. The van der Waals surface area contributed by atoms with Crippen LogP contribution in [0.25, 0.3) is 0 Å². The summed E-state index contributed by atoms with van der Waals surface area (Å²) in [6.07, 6.45) is 3.92. The molecule has 2 aliphatic rings. The van der Waals surface area contributed by atoms with Crippen molar-refractivity contribution in [2.45, 2.75) is 69.0 Å². The second-order valence-corrected chi connectivity index (χ2v) is 9.85. The zero-order valence-electron chi connectivity index (χ0n) is 18.6. The molecule has 1 saturated heterocycles. The lowest BCUT2D eigenvalue weighted by molar-refractivity contribution is -0.137. The molecule has 4 rings (SSSR count). The van der Waals surface area contributed by atoms with Crippen LogP contribution in [0.5, 0.6) is 0 Å². The highest BCUT2D eigenvalue weighted by atomic mass is 32.2. The van der Waals surface area contributed by atoms with E-state index in [1.165, 1.54) is 37.3 Å². The molecule has 2 N–H and O–H groups in total. The van der Waals surface area contributed by atoms with Crippen LogP contribution in [0.15, 0.2) is 29.3 Å². The van der Waals surface area contributed by atoms with Gasteiger partial charge >= 0.3 is 6.18 Å². The lowest BCUT2D eigenvalue weighted by atomic mass is 9.96. The van der Waals surface area contributed by atoms with Crippen molar-refractivity contribution in [3.63, 3.8) is 0 Å². The Morgan fingerprint density at radius 2 is 1.88 bits per heavy atom. The maximum atomic E-state index is 14.7. The molecule has 1 aliphatic heterocycles. The zero-order chi connectivity index (χ0) is 23.4. The smallest absolute Gasteiger partial charge is 0.356 e. The minimum atomic E-state index is -4.57. The summed E-state index contributed by atoms with van der Waals surface area (Å²) < 4.78 is 58.9. The summed E-state index contributed by atoms with van der Waals surface area (Å²) in [5.41, 5.74) is -0.752. The molecule has 10 heteroatoms. The molecular formula is C23H29F4N5S. The Morgan fingerprint density at radius 1 is 1.09 bits per heavy atom. The average Bonchev–Trinajstić information content (AvgIpc) is 2.79. The second-order valence-electron chi connectivity index (χ2n) is 8.94. The van der Waals surface area contributed by atoms with E-state index in [1.807, 2.05) is 6.92 Å². The Kier molecular flexibility index (Phi) is 7.63. The summed E-state index contributed by atoms with van der Waals surface area (Å²) in [4.78, 5) is 10.4. The van der Waals surface area contributed by atoms with Gasteiger partial charge < -0.3 is 10.2 Å². The van der Waals surface area contributed by atoms with Gasteiger partial charge in [-0.1, -0.05) is 26.2 Å². The van der Waals surface area contributed by atoms with Crippen LogP contribution in [0.1, 0.15) is 57.4 Å². The van der Waals surface area contributed by atoms with Crippen molar-refractivity contribution < 1.29 is 17.6 Å². The first-order valence-electron chi connectivity index (χ1n) is 11.5. The molecule has 1 saturated carbocycles. The van der Waals surface area contributed by atoms with Crippen LogP contribution in [0.3, 0.4) is 0 Å². The van der Waals surface area contributed by atoms with Gasteiger partial charge in [-0.3, -0.25) is 4.72 Å². The van der Waals surface area contributed by atoms with E-state index in [9.17, 15) is 17.6 Å². The molecular weight excluding hydrogens is 454 g/mol. The standard InChI is InChI=1S/C23H29F4N5S/c1-15-6-5-11-32(14-15)21-18(23(25,26)27)13-28-22(30-21)29-20-10-9-17(12-19(20)24)33-31-16-7-3-2-4-8-16/h9-10,12-13,15-16,31H,2-8,11,14H2,1H3,(H,28,29,30). The van der Waals surface area contributed by atoms with Crippen molar-refractivity contribution in [3.8, 4) is 0 Å². The number of nitrogens with one attached hydrogen (secondary N) is 2. The molecule has 0 radical (unpaired) electrons. The van der Waals surface area contributed by atoms with E-state index in [0.29, 0.717) is 19.1 Å². The largest absolute Gasteiger partial charge is 0.421 e. The van der Waals surface area contributed by atoms with Gasteiger partial charge in [0.2, 0.25) is 5.95 Å². The van der Waals surface area contributed by atoms with E-state index in [2.05, 4.69) is 20.0 Å². The summed E-state index contributed by atoms with van der Waals surface area (Å²) in [5, 5.41) is 2.75. The molecule has 0 amide bonds. The van der Waals surface area contributed by atoms with Crippen molar-refractivity contribution in [1.82, 2.24) is 14.7 Å². The molecule has 1 atom stereocenters. The number of anilines is 3. The maximum absolute atomic E-state index is 14.7. The van der Waals surface area contributed by atoms with E-state index in [-0.39, 0.29) is 23.4 Å². The van der Waals surface area contributed by atoms with E-state index in [4.69, 9.17) is 0 Å². The Labute approximate surface area is 195 Å². The molecule has 1 aromatic heterocycles. The SMILES string of the molecule is CC1CCCN(c2nc(Nc3ccc(SNC4CCCCC4)cc3F)ncc2C(F)(F)F)C1. The van der Waals surface area contributed by atoms with Gasteiger partial charge in [0.1, 0.15) is 17.2 Å². The van der Waals surface area contributed by atoms with Gasteiger partial charge in [-0.15, -0.1) is 0 Å². The number of hydrogen-bond acceptors (Lipinski definition) is 6. The van der Waals surface area contributed by atoms with Gasteiger partial charge in [-0.2, -0.15) is 18.2 Å². The van der Waals surface area contributed by atoms with E-state index >= 15 is 0 Å². The number of nitrogens with zero attached hydrogens (tertiary/aromatic N) is 3. The molecule has 1 aromatic carbocycles. The Hall–Kier alpha value is -2.07. The minimum Gasteiger partial charge on any atom is -0.356 e. The van der Waals surface area contributed by atoms with Gasteiger partial charge in [0.05, 0.1) is 5.69 Å². The lowest BCUT2D eigenvalue weighted by Gasteiger charge is -2.33. The Bertz CT molecular complexity index is 949. The van der Waals surface area contributed by atoms with Crippen molar-refractivity contribution >= 4 is 29.4 Å². The van der Waals surface area contributed by atoms with E-state index in [1.54, 1.807) is 17.0 Å². The van der Waals surface area contributed by atoms with Crippen LogP contribution in [-0.2, 0) is 6.18 Å². The third kappa shape index (κ3) is 6.29. The highest BCUT2D eigenvalue weighted by molar-refractivity contribution is 7.97. The monoisotopic (exact) mass is 483 g/mol. The highest BCUT2D eigenvalue weighted by Gasteiger charge is 2.37. The van der Waals surface area contributed by atoms with Crippen LogP contribution in [0.4, 0.5) is 35.0 Å². The quantitative estimate of drug-likeness (QED) is 0.359. The number of halogens is 4. The van der Waals surface area contributed by atoms with Crippen LogP contribution >= 0.6 is 11.9 Å². The van der Waals surface area contributed by atoms with Gasteiger partial charge in [-0.05, 0) is 61.7 Å². The fraction of sp³-hybridized carbons (Fsp3) is 0.565. The van der Waals surface area contributed by atoms with Gasteiger partial charge in [0.25, 0.3) is 0 Å². The Balaban J connectivity index is 1.49. The fourth-order valence-corrected chi connectivity index (χ4v) is 5.25. The lowest BCUT2D eigenvalue weighted by Crippen LogP contribution is -2.36. The molecule has 2 heterocycles. The summed E-state index contributed by atoms with van der Waals surface area (Å²) in [6.45, 7) is 3.00. The molecule has 2 aromatic rings. The van der Waals surface area contributed by atoms with Crippen molar-refractivity contribution in [3.05, 3.63) is 35.8 Å². The normalized spacial score (nSPS) is 20.2. The molecule has 0 spiro atoms. The summed E-state index contributed by atoms with van der Waals surface area (Å²) in [7, 11) is 0. The maximum Gasteiger partial charge on any atom is 0.421 e. The number of aromatic nitrogens is 2. The number of benzene rings is 1. The zero-order valence-corrected chi connectivity index (χ0v) is 19.4. The number of alkyl halides is 3. The first-order chi connectivity index (χ1) is 15.8. The minimum absolute atomic E-state index is 0.0594. The van der Waals surface area contributed by atoms with Gasteiger partial charge in [0, 0.05) is 30.2 Å². The third-order valence-corrected chi connectivity index (χ3v) is 7.11. The predicted octanol–water partition coefficient (Wildman–Crippen LogP) is 6.54. The van der Waals surface area contributed by atoms with Crippen LogP contribution in [-0.4, -0.2) is 29.1 Å². The van der Waals surface area contributed by atoms with Crippen LogP contribution in [0, 0.1) is 11.7 Å². The predicted molar refractivity (Wildman–Crippen MR) is 123 cm³/mol. The second kappa shape index (κ2) is 10.5. The summed E-state index contributed by atoms with van der Waals surface area (Å²) in [6, 6.07) is 5.16. The Morgan fingerprint density at radius 3 is 2.58 bits per heavy atom. The summed E-state index contributed by atoms with van der Waals surface area (Å²) >= 11 is 1.40. The number of rotatable bonds is 6. The molecule has 2 fully saturated rings. The van der Waals surface area contributed by atoms with Crippen molar-refractivity contribution in [1.29, 1.82) is 0 Å².